The van der Waals surface area contributed by atoms with Crippen LogP contribution in [0.15, 0.2) is 42.7 Å². The molecule has 1 atom stereocenters. The molecule has 2 aromatic heterocycles. The molecule has 6 heteroatoms. The van der Waals surface area contributed by atoms with Crippen LogP contribution in [0.4, 0.5) is 10.2 Å². The third-order valence-electron chi connectivity index (χ3n) is 4.80. The number of hydrogen-bond acceptors (Lipinski definition) is 5. The summed E-state index contributed by atoms with van der Waals surface area (Å²) < 4.78 is 13.1. The Hall–Kier alpha value is -2.60. The number of hydrogen-bond donors (Lipinski definition) is 1. The average molecular weight is 337 g/mol. The SMILES string of the molecule is Nc1ncnc2nc(C3CCCCN3Cc3ccc(F)cc3)ccc12. The highest BCUT2D eigenvalue weighted by Gasteiger charge is 2.25. The number of benzene rings is 1. The van der Waals surface area contributed by atoms with Crippen LogP contribution >= 0.6 is 0 Å². The van der Waals surface area contributed by atoms with E-state index in [1.807, 2.05) is 24.3 Å². The van der Waals surface area contributed by atoms with Gasteiger partial charge in [0.25, 0.3) is 0 Å². The Morgan fingerprint density at radius 3 is 2.76 bits per heavy atom. The van der Waals surface area contributed by atoms with E-state index in [1.165, 1.54) is 31.3 Å². The van der Waals surface area contributed by atoms with Crippen molar-refractivity contribution in [2.45, 2.75) is 31.8 Å². The van der Waals surface area contributed by atoms with Crippen molar-refractivity contribution in [3.8, 4) is 0 Å². The van der Waals surface area contributed by atoms with Crippen LogP contribution < -0.4 is 5.73 Å². The highest BCUT2D eigenvalue weighted by molar-refractivity contribution is 5.84. The van der Waals surface area contributed by atoms with E-state index < -0.39 is 0 Å². The zero-order chi connectivity index (χ0) is 17.2. The molecule has 4 rings (SSSR count). The van der Waals surface area contributed by atoms with Gasteiger partial charge in [-0.3, -0.25) is 4.90 Å². The third-order valence-corrected chi connectivity index (χ3v) is 4.80. The maximum absolute atomic E-state index is 13.1. The lowest BCUT2D eigenvalue weighted by Crippen LogP contribution is -2.33. The minimum absolute atomic E-state index is 0.201. The van der Waals surface area contributed by atoms with Gasteiger partial charge >= 0.3 is 0 Å². The molecule has 128 valence electrons. The van der Waals surface area contributed by atoms with E-state index in [4.69, 9.17) is 10.7 Å². The Kier molecular flexibility index (Phi) is 4.28. The lowest BCUT2D eigenvalue weighted by Gasteiger charge is -2.35. The molecule has 1 aliphatic heterocycles. The van der Waals surface area contributed by atoms with Crippen molar-refractivity contribution >= 4 is 16.9 Å². The van der Waals surface area contributed by atoms with Crippen molar-refractivity contribution in [3.05, 3.63) is 59.8 Å². The summed E-state index contributed by atoms with van der Waals surface area (Å²) in [5.41, 5.74) is 8.65. The molecular weight excluding hydrogens is 317 g/mol. The fourth-order valence-corrected chi connectivity index (χ4v) is 3.50. The molecule has 1 saturated heterocycles. The Labute approximate surface area is 145 Å². The van der Waals surface area contributed by atoms with Gasteiger partial charge in [0.2, 0.25) is 0 Å². The summed E-state index contributed by atoms with van der Waals surface area (Å²) in [6.07, 6.45) is 4.85. The van der Waals surface area contributed by atoms with Gasteiger partial charge in [-0.1, -0.05) is 18.6 Å². The van der Waals surface area contributed by atoms with Crippen molar-refractivity contribution in [2.24, 2.45) is 0 Å². The normalized spacial score (nSPS) is 18.5. The molecule has 1 aromatic carbocycles. The van der Waals surface area contributed by atoms with Gasteiger partial charge in [-0.25, -0.2) is 19.3 Å². The quantitative estimate of drug-likeness (QED) is 0.792. The smallest absolute Gasteiger partial charge is 0.164 e. The summed E-state index contributed by atoms with van der Waals surface area (Å²) in [7, 11) is 0. The molecule has 1 fully saturated rings. The van der Waals surface area contributed by atoms with E-state index in [0.717, 1.165) is 36.2 Å². The molecule has 0 saturated carbocycles. The number of nitrogen functional groups attached to an aromatic ring is 1. The highest BCUT2D eigenvalue weighted by atomic mass is 19.1. The fourth-order valence-electron chi connectivity index (χ4n) is 3.50. The largest absolute Gasteiger partial charge is 0.383 e. The number of halogens is 1. The van der Waals surface area contributed by atoms with Crippen LogP contribution in [0.2, 0.25) is 0 Å². The molecule has 0 spiro atoms. The second kappa shape index (κ2) is 6.72. The first-order chi connectivity index (χ1) is 12.2. The van der Waals surface area contributed by atoms with E-state index in [2.05, 4.69) is 14.9 Å². The van der Waals surface area contributed by atoms with Crippen LogP contribution in [0.5, 0.6) is 0 Å². The Morgan fingerprint density at radius 2 is 1.92 bits per heavy atom. The van der Waals surface area contributed by atoms with Gasteiger partial charge in [0.15, 0.2) is 5.65 Å². The van der Waals surface area contributed by atoms with Gasteiger partial charge in [0.05, 0.1) is 17.1 Å². The minimum Gasteiger partial charge on any atom is -0.383 e. The molecule has 0 bridgehead atoms. The van der Waals surface area contributed by atoms with Crippen LogP contribution in [0.1, 0.15) is 36.6 Å². The van der Waals surface area contributed by atoms with Crippen LogP contribution in [0.3, 0.4) is 0 Å². The summed E-state index contributed by atoms with van der Waals surface area (Å²) in [6.45, 7) is 1.80. The first-order valence-corrected chi connectivity index (χ1v) is 8.56. The highest BCUT2D eigenvalue weighted by Crippen LogP contribution is 2.32. The molecule has 1 unspecified atom stereocenters. The van der Waals surface area contributed by atoms with Crippen molar-refractivity contribution in [3.63, 3.8) is 0 Å². The van der Waals surface area contributed by atoms with E-state index in [1.54, 1.807) is 0 Å². The van der Waals surface area contributed by atoms with Crippen LogP contribution in [0, 0.1) is 5.82 Å². The number of nitrogens with zero attached hydrogens (tertiary/aromatic N) is 4. The predicted molar refractivity (Wildman–Crippen MR) is 95.1 cm³/mol. The summed E-state index contributed by atoms with van der Waals surface area (Å²) in [4.78, 5) is 15.4. The van der Waals surface area contributed by atoms with E-state index in [9.17, 15) is 4.39 Å². The third kappa shape index (κ3) is 3.30. The summed E-state index contributed by atoms with van der Waals surface area (Å²) >= 11 is 0. The number of pyridine rings is 1. The van der Waals surface area contributed by atoms with Gasteiger partial charge < -0.3 is 5.73 Å². The number of rotatable bonds is 3. The number of fused-ring (bicyclic) bond motifs is 1. The standard InChI is InChI=1S/C19H20FN5/c20-14-6-4-13(5-7-14)11-25-10-2-1-3-17(25)16-9-8-15-18(21)22-12-23-19(15)24-16/h4-9,12,17H,1-3,10-11H2,(H2,21,22,23,24). The number of nitrogens with two attached hydrogens (primary N) is 1. The summed E-state index contributed by atoms with van der Waals surface area (Å²) in [5.74, 6) is 0.253. The van der Waals surface area contributed by atoms with Crippen molar-refractivity contribution in [1.82, 2.24) is 19.9 Å². The maximum Gasteiger partial charge on any atom is 0.164 e. The molecule has 1 aliphatic rings. The predicted octanol–water partition coefficient (Wildman–Crippen LogP) is 3.47. The molecule has 0 radical (unpaired) electrons. The molecule has 3 heterocycles. The van der Waals surface area contributed by atoms with Gasteiger partial charge in [-0.2, -0.15) is 0 Å². The second-order valence-corrected chi connectivity index (χ2v) is 6.47. The second-order valence-electron chi connectivity index (χ2n) is 6.47. The first kappa shape index (κ1) is 15.9. The fraction of sp³-hybridized carbons (Fsp3) is 0.316. The van der Waals surface area contributed by atoms with Crippen molar-refractivity contribution in [2.75, 3.05) is 12.3 Å². The molecule has 2 N–H and O–H groups in total. The van der Waals surface area contributed by atoms with Gasteiger partial charge in [-0.05, 0) is 49.2 Å². The maximum atomic E-state index is 13.1. The lowest BCUT2D eigenvalue weighted by molar-refractivity contribution is 0.137. The Balaban J connectivity index is 1.63. The molecule has 25 heavy (non-hydrogen) atoms. The molecule has 0 amide bonds. The summed E-state index contributed by atoms with van der Waals surface area (Å²) in [5, 5.41) is 0.784. The van der Waals surface area contributed by atoms with Crippen molar-refractivity contribution < 1.29 is 4.39 Å². The van der Waals surface area contributed by atoms with E-state index >= 15 is 0 Å². The molecule has 5 nitrogen and oxygen atoms in total. The monoisotopic (exact) mass is 337 g/mol. The molecular formula is C19H20FN5. The van der Waals surface area contributed by atoms with Crippen LogP contribution in [0.25, 0.3) is 11.0 Å². The van der Waals surface area contributed by atoms with Gasteiger partial charge in [0.1, 0.15) is 18.0 Å². The zero-order valence-electron chi connectivity index (χ0n) is 13.9. The van der Waals surface area contributed by atoms with E-state index in [-0.39, 0.29) is 11.9 Å². The molecule has 3 aromatic rings. The number of aromatic nitrogens is 3. The van der Waals surface area contributed by atoms with Crippen LogP contribution in [-0.4, -0.2) is 26.4 Å². The van der Waals surface area contributed by atoms with Crippen LogP contribution in [-0.2, 0) is 6.54 Å². The minimum atomic E-state index is -0.201. The number of piperidine rings is 1. The van der Waals surface area contributed by atoms with E-state index in [0.29, 0.717) is 11.5 Å². The Bertz CT molecular complexity index is 881. The lowest BCUT2D eigenvalue weighted by atomic mass is 9.97. The molecule has 0 aliphatic carbocycles. The summed E-state index contributed by atoms with van der Waals surface area (Å²) in [6, 6.07) is 10.9. The van der Waals surface area contributed by atoms with Gasteiger partial charge in [-0.15, -0.1) is 0 Å². The number of anilines is 1. The van der Waals surface area contributed by atoms with Gasteiger partial charge in [0, 0.05) is 6.54 Å². The zero-order valence-corrected chi connectivity index (χ0v) is 13.9. The average Bonchev–Trinajstić information content (AvgIpc) is 2.64. The topological polar surface area (TPSA) is 67.9 Å². The Morgan fingerprint density at radius 1 is 1.08 bits per heavy atom. The number of likely N-dealkylation sites (tertiary alicyclic amines) is 1. The van der Waals surface area contributed by atoms with Crippen molar-refractivity contribution in [1.29, 1.82) is 0 Å². The first-order valence-electron chi connectivity index (χ1n) is 8.56.